The van der Waals surface area contributed by atoms with Gasteiger partial charge in [-0.25, -0.2) is 0 Å². The lowest BCUT2D eigenvalue weighted by Gasteiger charge is -2.18. The number of hydrogen-bond acceptors (Lipinski definition) is 5. The molecule has 3 rings (SSSR count). The normalized spacial score (nSPS) is 30.4. The third-order valence-corrected chi connectivity index (χ3v) is 3.61. The average Bonchev–Trinajstić information content (AvgIpc) is 3.03. The monoisotopic (exact) mass is 292 g/mol. The highest BCUT2D eigenvalue weighted by atomic mass is 19.4. The van der Waals surface area contributed by atoms with Crippen LogP contribution in [0.1, 0.15) is 49.5 Å². The first kappa shape index (κ1) is 13.8. The zero-order valence-electron chi connectivity index (χ0n) is 10.7. The van der Waals surface area contributed by atoms with E-state index in [1.807, 2.05) is 0 Å². The number of rotatable bonds is 4. The van der Waals surface area contributed by atoms with Gasteiger partial charge in [0.1, 0.15) is 6.10 Å². The second-order valence-corrected chi connectivity index (χ2v) is 5.19. The minimum absolute atomic E-state index is 0.123. The second-order valence-electron chi connectivity index (χ2n) is 5.19. The van der Waals surface area contributed by atoms with E-state index in [0.29, 0.717) is 24.8 Å². The van der Waals surface area contributed by atoms with E-state index in [2.05, 4.69) is 14.9 Å². The largest absolute Gasteiger partial charge is 0.522 e. The lowest BCUT2D eigenvalue weighted by Crippen LogP contribution is -2.15. The van der Waals surface area contributed by atoms with E-state index in [-0.39, 0.29) is 24.5 Å². The zero-order valence-corrected chi connectivity index (χ0v) is 10.7. The van der Waals surface area contributed by atoms with Crippen molar-refractivity contribution in [2.45, 2.75) is 44.1 Å². The Morgan fingerprint density at radius 2 is 2.00 bits per heavy atom. The molecule has 1 aliphatic carbocycles. The summed E-state index contributed by atoms with van der Waals surface area (Å²) in [5.74, 6) is 0.506. The van der Waals surface area contributed by atoms with Gasteiger partial charge in [0, 0.05) is 12.5 Å². The molecule has 0 unspecified atom stereocenters. The first-order valence-corrected chi connectivity index (χ1v) is 6.68. The third-order valence-electron chi connectivity index (χ3n) is 3.61. The molecule has 0 aromatic carbocycles. The van der Waals surface area contributed by atoms with Gasteiger partial charge < -0.3 is 9.15 Å². The Balaban J connectivity index is 1.53. The Bertz CT molecular complexity index is 457. The standard InChI is InChI=1S/C12H15F3N2O3/c13-12(14,15)19-6-7-5-8(7)10-16-17-11(20-10)9-3-1-2-4-18-9/h7-9H,1-6H2/t7-,8+,9+/m0/s1. The number of nitrogens with zero attached hydrogens (tertiary/aromatic N) is 2. The second kappa shape index (κ2) is 5.33. The van der Waals surface area contributed by atoms with Crippen LogP contribution in [0.5, 0.6) is 0 Å². The number of halogens is 3. The molecular formula is C12H15F3N2O3. The Hall–Kier alpha value is -1.15. The molecule has 0 bridgehead atoms. The third kappa shape index (κ3) is 3.29. The molecule has 2 heterocycles. The summed E-state index contributed by atoms with van der Waals surface area (Å²) < 4.78 is 50.7. The predicted molar refractivity (Wildman–Crippen MR) is 59.7 cm³/mol. The van der Waals surface area contributed by atoms with Crippen LogP contribution in [-0.4, -0.2) is 29.8 Å². The van der Waals surface area contributed by atoms with Crippen LogP contribution in [0.4, 0.5) is 13.2 Å². The fourth-order valence-electron chi connectivity index (χ4n) is 2.40. The van der Waals surface area contributed by atoms with Crippen molar-refractivity contribution in [2.24, 2.45) is 5.92 Å². The summed E-state index contributed by atoms with van der Waals surface area (Å²) in [5, 5.41) is 7.85. The van der Waals surface area contributed by atoms with Crippen LogP contribution < -0.4 is 0 Å². The van der Waals surface area contributed by atoms with Crippen molar-refractivity contribution in [1.82, 2.24) is 10.2 Å². The summed E-state index contributed by atoms with van der Waals surface area (Å²) in [6.07, 6.45) is -1.25. The molecule has 0 N–H and O–H groups in total. The Morgan fingerprint density at radius 1 is 1.20 bits per heavy atom. The average molecular weight is 292 g/mol. The molecule has 0 radical (unpaired) electrons. The summed E-state index contributed by atoms with van der Waals surface area (Å²) in [6, 6.07) is 0. The summed E-state index contributed by atoms with van der Waals surface area (Å²) in [4.78, 5) is 0. The highest BCUT2D eigenvalue weighted by molar-refractivity contribution is 5.07. The molecule has 1 saturated heterocycles. The molecule has 0 spiro atoms. The van der Waals surface area contributed by atoms with Crippen molar-refractivity contribution in [3.63, 3.8) is 0 Å². The van der Waals surface area contributed by atoms with Crippen molar-refractivity contribution < 1.29 is 27.1 Å². The first-order valence-electron chi connectivity index (χ1n) is 6.68. The molecule has 5 nitrogen and oxygen atoms in total. The van der Waals surface area contributed by atoms with Gasteiger partial charge in [-0.15, -0.1) is 23.4 Å². The van der Waals surface area contributed by atoms with Crippen molar-refractivity contribution >= 4 is 0 Å². The predicted octanol–water partition coefficient (Wildman–Crippen LogP) is 2.95. The van der Waals surface area contributed by atoms with E-state index < -0.39 is 6.36 Å². The molecule has 2 aliphatic rings. The van der Waals surface area contributed by atoms with Gasteiger partial charge in [-0.2, -0.15) is 0 Å². The first-order chi connectivity index (χ1) is 9.53. The van der Waals surface area contributed by atoms with Crippen LogP contribution in [0.25, 0.3) is 0 Å². The van der Waals surface area contributed by atoms with Crippen LogP contribution in [0, 0.1) is 5.92 Å². The van der Waals surface area contributed by atoms with Crippen LogP contribution in [0.2, 0.25) is 0 Å². The summed E-state index contributed by atoms with van der Waals surface area (Å²) in [5.41, 5.74) is 0. The summed E-state index contributed by atoms with van der Waals surface area (Å²) >= 11 is 0. The van der Waals surface area contributed by atoms with E-state index in [9.17, 15) is 13.2 Å². The molecule has 112 valence electrons. The van der Waals surface area contributed by atoms with Crippen molar-refractivity contribution in [1.29, 1.82) is 0 Å². The molecule has 1 aromatic rings. The Morgan fingerprint density at radius 3 is 2.70 bits per heavy atom. The summed E-state index contributed by atoms with van der Waals surface area (Å²) in [7, 11) is 0. The molecule has 1 aromatic heterocycles. The maximum absolute atomic E-state index is 11.9. The maximum Gasteiger partial charge on any atom is 0.522 e. The minimum atomic E-state index is -4.58. The fourth-order valence-corrected chi connectivity index (χ4v) is 2.40. The van der Waals surface area contributed by atoms with Gasteiger partial charge in [0.15, 0.2) is 0 Å². The highest BCUT2D eigenvalue weighted by Crippen LogP contribution is 2.48. The molecule has 3 atom stereocenters. The Labute approximate surface area is 113 Å². The van der Waals surface area contributed by atoms with Gasteiger partial charge >= 0.3 is 6.36 Å². The maximum atomic E-state index is 11.9. The van der Waals surface area contributed by atoms with Crippen LogP contribution in [-0.2, 0) is 9.47 Å². The van der Waals surface area contributed by atoms with E-state index >= 15 is 0 Å². The van der Waals surface area contributed by atoms with Gasteiger partial charge in [0.05, 0.1) is 6.61 Å². The van der Waals surface area contributed by atoms with Gasteiger partial charge in [-0.05, 0) is 31.6 Å². The van der Waals surface area contributed by atoms with Crippen molar-refractivity contribution in [3.8, 4) is 0 Å². The molecule has 1 aliphatic heterocycles. The zero-order chi connectivity index (χ0) is 14.2. The lowest BCUT2D eigenvalue weighted by atomic mass is 10.1. The quantitative estimate of drug-likeness (QED) is 0.854. The minimum Gasteiger partial charge on any atom is -0.422 e. The van der Waals surface area contributed by atoms with Crippen LogP contribution in [0.3, 0.4) is 0 Å². The SMILES string of the molecule is FC(F)(F)OC[C@@H]1C[C@H]1c1nnc([C@H]2CCCCO2)o1. The Kier molecular flexibility index (Phi) is 3.68. The van der Waals surface area contributed by atoms with Crippen LogP contribution >= 0.6 is 0 Å². The van der Waals surface area contributed by atoms with E-state index in [0.717, 1.165) is 19.3 Å². The highest BCUT2D eigenvalue weighted by Gasteiger charge is 2.45. The van der Waals surface area contributed by atoms with Gasteiger partial charge in [0.2, 0.25) is 11.8 Å². The molecule has 2 fully saturated rings. The molecule has 20 heavy (non-hydrogen) atoms. The smallest absolute Gasteiger partial charge is 0.422 e. The molecule has 8 heteroatoms. The van der Waals surface area contributed by atoms with E-state index in [1.165, 1.54) is 0 Å². The molecule has 0 amide bonds. The van der Waals surface area contributed by atoms with Gasteiger partial charge in [0.25, 0.3) is 0 Å². The van der Waals surface area contributed by atoms with Gasteiger partial charge in [-0.3, -0.25) is 4.74 Å². The molecule has 1 saturated carbocycles. The lowest BCUT2D eigenvalue weighted by molar-refractivity contribution is -0.326. The number of hydrogen-bond donors (Lipinski definition) is 0. The summed E-state index contributed by atoms with van der Waals surface area (Å²) in [6.45, 7) is 0.319. The van der Waals surface area contributed by atoms with Crippen molar-refractivity contribution in [2.75, 3.05) is 13.2 Å². The topological polar surface area (TPSA) is 57.4 Å². The van der Waals surface area contributed by atoms with Gasteiger partial charge in [-0.1, -0.05) is 0 Å². The number of alkyl halides is 3. The van der Waals surface area contributed by atoms with E-state index in [1.54, 1.807) is 0 Å². The van der Waals surface area contributed by atoms with E-state index in [4.69, 9.17) is 9.15 Å². The van der Waals surface area contributed by atoms with Crippen molar-refractivity contribution in [3.05, 3.63) is 11.8 Å². The van der Waals surface area contributed by atoms with Crippen LogP contribution in [0.15, 0.2) is 4.42 Å². The molecular weight excluding hydrogens is 277 g/mol. The number of ether oxygens (including phenoxy) is 2. The fraction of sp³-hybridized carbons (Fsp3) is 0.833. The number of aromatic nitrogens is 2.